The number of hydrogen-bond acceptors (Lipinski definition) is 3. The lowest BCUT2D eigenvalue weighted by molar-refractivity contribution is 0.266. The lowest BCUT2D eigenvalue weighted by Gasteiger charge is -2.17. The SMILES string of the molecule is CCOc1cccc(CNCc2ccc(C)cc2)c1OCc1ccc(Cl)cc1Cl.Cl. The molecule has 0 bridgehead atoms. The summed E-state index contributed by atoms with van der Waals surface area (Å²) in [7, 11) is 0. The average Bonchev–Trinajstić information content (AvgIpc) is 2.70. The Morgan fingerprint density at radius 1 is 0.867 bits per heavy atom. The minimum atomic E-state index is 0. The molecule has 0 saturated carbocycles. The van der Waals surface area contributed by atoms with Gasteiger partial charge in [0.2, 0.25) is 0 Å². The maximum atomic E-state index is 6.29. The van der Waals surface area contributed by atoms with Crippen LogP contribution < -0.4 is 14.8 Å². The molecule has 3 aromatic carbocycles. The number of hydrogen-bond donors (Lipinski definition) is 1. The zero-order chi connectivity index (χ0) is 20.6. The number of ether oxygens (including phenoxy) is 2. The third kappa shape index (κ3) is 6.82. The fraction of sp³-hybridized carbons (Fsp3) is 0.250. The molecule has 3 aromatic rings. The molecule has 160 valence electrons. The van der Waals surface area contributed by atoms with Gasteiger partial charge in [-0.05, 0) is 37.6 Å². The largest absolute Gasteiger partial charge is 0.490 e. The van der Waals surface area contributed by atoms with Gasteiger partial charge >= 0.3 is 0 Å². The molecule has 0 aliphatic heterocycles. The van der Waals surface area contributed by atoms with Crippen LogP contribution in [0.15, 0.2) is 60.7 Å². The highest BCUT2D eigenvalue weighted by molar-refractivity contribution is 6.35. The Labute approximate surface area is 194 Å². The Balaban J connectivity index is 0.00000320. The Kier molecular flexibility index (Phi) is 9.80. The number of benzene rings is 3. The van der Waals surface area contributed by atoms with E-state index in [4.69, 9.17) is 32.7 Å². The van der Waals surface area contributed by atoms with Crippen LogP contribution in [0.2, 0.25) is 10.0 Å². The van der Waals surface area contributed by atoms with Crippen LogP contribution in [0.25, 0.3) is 0 Å². The fourth-order valence-corrected chi connectivity index (χ4v) is 3.43. The molecule has 0 radical (unpaired) electrons. The lowest BCUT2D eigenvalue weighted by atomic mass is 10.1. The molecule has 0 fully saturated rings. The van der Waals surface area contributed by atoms with Crippen LogP contribution in [0.1, 0.15) is 29.2 Å². The highest BCUT2D eigenvalue weighted by Gasteiger charge is 2.12. The van der Waals surface area contributed by atoms with Crippen molar-refractivity contribution >= 4 is 35.6 Å². The van der Waals surface area contributed by atoms with E-state index < -0.39 is 0 Å². The molecule has 0 aliphatic carbocycles. The van der Waals surface area contributed by atoms with E-state index in [1.807, 2.05) is 37.3 Å². The minimum Gasteiger partial charge on any atom is -0.490 e. The van der Waals surface area contributed by atoms with Gasteiger partial charge in [0.15, 0.2) is 11.5 Å². The molecule has 0 aliphatic rings. The van der Waals surface area contributed by atoms with Gasteiger partial charge in [-0.25, -0.2) is 0 Å². The Hall–Kier alpha value is -1.91. The molecule has 0 amide bonds. The molecule has 30 heavy (non-hydrogen) atoms. The van der Waals surface area contributed by atoms with E-state index in [1.54, 1.807) is 6.07 Å². The summed E-state index contributed by atoms with van der Waals surface area (Å²) in [6.45, 7) is 6.40. The topological polar surface area (TPSA) is 30.5 Å². The predicted octanol–water partition coefficient (Wildman–Crippen LogP) is 6.99. The third-order valence-electron chi connectivity index (χ3n) is 4.51. The minimum absolute atomic E-state index is 0. The van der Waals surface area contributed by atoms with Crippen molar-refractivity contribution in [3.63, 3.8) is 0 Å². The summed E-state index contributed by atoms with van der Waals surface area (Å²) in [6.07, 6.45) is 0. The number of aryl methyl sites for hydroxylation is 1. The second-order valence-corrected chi connectivity index (χ2v) is 7.63. The van der Waals surface area contributed by atoms with E-state index in [1.165, 1.54) is 11.1 Å². The third-order valence-corrected chi connectivity index (χ3v) is 5.10. The van der Waals surface area contributed by atoms with Gasteiger partial charge in [-0.2, -0.15) is 0 Å². The van der Waals surface area contributed by atoms with Crippen molar-refractivity contribution in [3.05, 3.63) is 93.0 Å². The number of rotatable bonds is 9. The summed E-state index contributed by atoms with van der Waals surface area (Å²) in [5, 5.41) is 4.68. The molecule has 0 heterocycles. The van der Waals surface area contributed by atoms with E-state index >= 15 is 0 Å². The van der Waals surface area contributed by atoms with E-state index in [0.717, 1.165) is 29.2 Å². The summed E-state index contributed by atoms with van der Waals surface area (Å²) in [4.78, 5) is 0. The monoisotopic (exact) mass is 465 g/mol. The van der Waals surface area contributed by atoms with Crippen LogP contribution in [0.4, 0.5) is 0 Å². The van der Waals surface area contributed by atoms with Gasteiger partial charge in [0, 0.05) is 34.3 Å². The summed E-state index contributed by atoms with van der Waals surface area (Å²) < 4.78 is 11.9. The molecule has 3 nitrogen and oxygen atoms in total. The van der Waals surface area contributed by atoms with Crippen LogP contribution in [0.3, 0.4) is 0 Å². The van der Waals surface area contributed by atoms with E-state index in [2.05, 4.69) is 36.5 Å². The number of nitrogens with one attached hydrogen (secondary N) is 1. The standard InChI is InChI=1S/C24H25Cl2NO2.ClH/c1-3-28-23-6-4-5-19(15-27-14-18-9-7-17(2)8-10-18)24(23)29-16-20-11-12-21(25)13-22(20)26;/h4-13,27H,3,14-16H2,1-2H3;1H. The Morgan fingerprint density at radius 3 is 2.33 bits per heavy atom. The van der Waals surface area contributed by atoms with Gasteiger partial charge in [-0.3, -0.25) is 0 Å². The quantitative estimate of drug-likeness (QED) is 0.368. The highest BCUT2D eigenvalue weighted by Crippen LogP contribution is 2.33. The molecule has 3 rings (SSSR count). The molecular formula is C24H26Cl3NO2. The maximum Gasteiger partial charge on any atom is 0.166 e. The summed E-state index contributed by atoms with van der Waals surface area (Å²) in [5.74, 6) is 1.46. The predicted molar refractivity (Wildman–Crippen MR) is 127 cm³/mol. The molecule has 1 N–H and O–H groups in total. The van der Waals surface area contributed by atoms with E-state index in [0.29, 0.717) is 29.8 Å². The van der Waals surface area contributed by atoms with E-state index in [-0.39, 0.29) is 12.4 Å². The fourth-order valence-electron chi connectivity index (χ4n) is 2.97. The Bertz CT molecular complexity index is 946. The normalized spacial score (nSPS) is 10.4. The summed E-state index contributed by atoms with van der Waals surface area (Å²) >= 11 is 12.3. The average molecular weight is 467 g/mol. The van der Waals surface area contributed by atoms with Gasteiger partial charge < -0.3 is 14.8 Å². The maximum absolute atomic E-state index is 6.29. The van der Waals surface area contributed by atoms with Gasteiger partial charge in [0.1, 0.15) is 6.61 Å². The van der Waals surface area contributed by atoms with Gasteiger partial charge in [-0.15, -0.1) is 12.4 Å². The van der Waals surface area contributed by atoms with Crippen LogP contribution in [-0.4, -0.2) is 6.61 Å². The molecular weight excluding hydrogens is 441 g/mol. The molecule has 0 saturated heterocycles. The Morgan fingerprint density at radius 2 is 1.63 bits per heavy atom. The first-order chi connectivity index (χ1) is 14.1. The lowest BCUT2D eigenvalue weighted by Crippen LogP contribution is -2.14. The zero-order valence-corrected chi connectivity index (χ0v) is 19.4. The summed E-state index contributed by atoms with van der Waals surface area (Å²) in [6, 6.07) is 19.9. The van der Waals surface area contributed by atoms with Crippen molar-refractivity contribution in [1.29, 1.82) is 0 Å². The zero-order valence-electron chi connectivity index (χ0n) is 17.1. The molecule has 0 atom stereocenters. The smallest absolute Gasteiger partial charge is 0.166 e. The van der Waals surface area contributed by atoms with Crippen molar-refractivity contribution in [2.24, 2.45) is 0 Å². The van der Waals surface area contributed by atoms with Crippen molar-refractivity contribution < 1.29 is 9.47 Å². The molecule has 0 aromatic heterocycles. The molecule has 6 heteroatoms. The first-order valence-corrected chi connectivity index (χ1v) is 10.4. The number of para-hydroxylation sites is 1. The van der Waals surface area contributed by atoms with E-state index in [9.17, 15) is 0 Å². The second-order valence-electron chi connectivity index (χ2n) is 6.79. The second kappa shape index (κ2) is 12.1. The van der Waals surface area contributed by atoms with Gasteiger partial charge in [0.05, 0.1) is 6.61 Å². The highest BCUT2D eigenvalue weighted by atomic mass is 35.5. The first kappa shape index (κ1) is 24.4. The summed E-state index contributed by atoms with van der Waals surface area (Å²) in [5.41, 5.74) is 4.41. The van der Waals surface area contributed by atoms with Crippen LogP contribution in [0, 0.1) is 6.92 Å². The van der Waals surface area contributed by atoms with Crippen molar-refractivity contribution in [3.8, 4) is 11.5 Å². The van der Waals surface area contributed by atoms with Gasteiger partial charge in [-0.1, -0.05) is 71.2 Å². The van der Waals surface area contributed by atoms with Crippen LogP contribution in [0.5, 0.6) is 11.5 Å². The molecule has 0 spiro atoms. The van der Waals surface area contributed by atoms with Crippen LogP contribution >= 0.6 is 35.6 Å². The van der Waals surface area contributed by atoms with Crippen molar-refractivity contribution in [2.75, 3.05) is 6.61 Å². The van der Waals surface area contributed by atoms with Crippen molar-refractivity contribution in [2.45, 2.75) is 33.5 Å². The molecule has 0 unspecified atom stereocenters. The number of halogens is 3. The van der Waals surface area contributed by atoms with Crippen molar-refractivity contribution in [1.82, 2.24) is 5.32 Å². The van der Waals surface area contributed by atoms with Crippen LogP contribution in [-0.2, 0) is 19.7 Å². The first-order valence-electron chi connectivity index (χ1n) is 9.64. The van der Waals surface area contributed by atoms with Gasteiger partial charge in [0.25, 0.3) is 0 Å².